The third-order valence-electron chi connectivity index (χ3n) is 1.93. The zero-order chi connectivity index (χ0) is 9.14. The first-order valence-electron chi connectivity index (χ1n) is 4.02. The molecule has 1 heterocycles. The van der Waals surface area contributed by atoms with Gasteiger partial charge in [-0.15, -0.1) is 0 Å². The molecule has 0 saturated carbocycles. The van der Waals surface area contributed by atoms with Crippen molar-refractivity contribution in [3.8, 4) is 0 Å². The molecule has 1 aromatic rings. The lowest BCUT2D eigenvalue weighted by atomic mass is 10.1. The first-order valence-corrected chi connectivity index (χ1v) is 4.02. The zero-order valence-corrected chi connectivity index (χ0v) is 7.78. The Morgan fingerprint density at radius 2 is 2.42 bits per heavy atom. The highest BCUT2D eigenvalue weighted by Crippen LogP contribution is 2.05. The minimum atomic E-state index is 0.0988. The van der Waals surface area contributed by atoms with E-state index in [1.165, 1.54) is 0 Å². The predicted octanol–water partition coefficient (Wildman–Crippen LogP) is 1.17. The van der Waals surface area contributed by atoms with Crippen LogP contribution in [0.2, 0.25) is 0 Å². The number of aromatic nitrogens is 2. The predicted molar refractivity (Wildman–Crippen MR) is 50.5 cm³/mol. The Labute approximate surface area is 72.9 Å². The molecule has 0 fully saturated rings. The average Bonchev–Trinajstić information content (AvgIpc) is 2.36. The molecule has 0 radical (unpaired) electrons. The molecule has 0 aliphatic rings. The van der Waals surface area contributed by atoms with E-state index in [0.29, 0.717) is 0 Å². The van der Waals surface area contributed by atoms with Crippen molar-refractivity contribution in [3.63, 3.8) is 0 Å². The van der Waals surface area contributed by atoms with Gasteiger partial charge in [0.05, 0.1) is 0 Å². The molecule has 3 nitrogen and oxygen atoms in total. The van der Waals surface area contributed by atoms with E-state index < -0.39 is 0 Å². The smallest absolute Gasteiger partial charge is 0.132 e. The SMILES string of the molecule is C/C(=C\c1nccn1C)C(C)N. The standard InChI is InChI=1S/C9H15N3/c1-7(8(2)10)6-9-11-4-5-12(9)3/h4-6,8H,10H2,1-3H3/b7-6+. The summed E-state index contributed by atoms with van der Waals surface area (Å²) in [7, 11) is 1.97. The molecule has 0 aliphatic heterocycles. The molecule has 2 N–H and O–H groups in total. The van der Waals surface area contributed by atoms with E-state index >= 15 is 0 Å². The van der Waals surface area contributed by atoms with Gasteiger partial charge in [0.25, 0.3) is 0 Å². The molecule has 1 rings (SSSR count). The largest absolute Gasteiger partial charge is 0.335 e. The number of nitrogens with zero attached hydrogens (tertiary/aromatic N) is 2. The van der Waals surface area contributed by atoms with Crippen molar-refractivity contribution in [2.24, 2.45) is 12.8 Å². The Bertz CT molecular complexity index is 284. The fraction of sp³-hybridized carbons (Fsp3) is 0.444. The molecular formula is C9H15N3. The van der Waals surface area contributed by atoms with Gasteiger partial charge in [0.15, 0.2) is 0 Å². The highest BCUT2D eigenvalue weighted by molar-refractivity contribution is 5.46. The van der Waals surface area contributed by atoms with Crippen LogP contribution in [0.4, 0.5) is 0 Å². The first-order chi connectivity index (χ1) is 5.61. The third-order valence-corrected chi connectivity index (χ3v) is 1.93. The number of imidazole rings is 1. The Kier molecular flexibility index (Phi) is 2.65. The summed E-state index contributed by atoms with van der Waals surface area (Å²) >= 11 is 0. The van der Waals surface area contributed by atoms with Crippen LogP contribution in [-0.4, -0.2) is 15.6 Å². The normalized spacial score (nSPS) is 14.8. The van der Waals surface area contributed by atoms with Crippen molar-refractivity contribution in [2.45, 2.75) is 19.9 Å². The van der Waals surface area contributed by atoms with Crippen molar-refractivity contribution < 1.29 is 0 Å². The van der Waals surface area contributed by atoms with E-state index in [4.69, 9.17) is 5.73 Å². The van der Waals surface area contributed by atoms with Crippen LogP contribution in [0.15, 0.2) is 18.0 Å². The number of hydrogen-bond donors (Lipinski definition) is 1. The summed E-state index contributed by atoms with van der Waals surface area (Å²) in [6.07, 6.45) is 5.70. The molecule has 1 aromatic heterocycles. The van der Waals surface area contributed by atoms with Crippen LogP contribution >= 0.6 is 0 Å². The van der Waals surface area contributed by atoms with Crippen molar-refractivity contribution in [1.82, 2.24) is 9.55 Å². The number of nitrogens with two attached hydrogens (primary N) is 1. The number of rotatable bonds is 2. The van der Waals surface area contributed by atoms with Gasteiger partial charge in [0.1, 0.15) is 5.82 Å². The van der Waals surface area contributed by atoms with Crippen LogP contribution in [0.1, 0.15) is 19.7 Å². The summed E-state index contributed by atoms with van der Waals surface area (Å²) in [6.45, 7) is 3.98. The van der Waals surface area contributed by atoms with Crippen LogP contribution in [0, 0.1) is 0 Å². The lowest BCUT2D eigenvalue weighted by Gasteiger charge is -2.04. The van der Waals surface area contributed by atoms with Crippen molar-refractivity contribution in [3.05, 3.63) is 23.8 Å². The molecule has 0 aliphatic carbocycles. The number of aryl methyl sites for hydroxylation is 1. The van der Waals surface area contributed by atoms with E-state index in [2.05, 4.69) is 4.98 Å². The summed E-state index contributed by atoms with van der Waals surface area (Å²) in [5, 5.41) is 0. The van der Waals surface area contributed by atoms with Gasteiger partial charge < -0.3 is 10.3 Å². The maximum atomic E-state index is 5.70. The summed E-state index contributed by atoms with van der Waals surface area (Å²) in [5.41, 5.74) is 6.84. The van der Waals surface area contributed by atoms with Gasteiger partial charge in [-0.2, -0.15) is 0 Å². The van der Waals surface area contributed by atoms with Crippen molar-refractivity contribution in [2.75, 3.05) is 0 Å². The topological polar surface area (TPSA) is 43.8 Å². The monoisotopic (exact) mass is 165 g/mol. The van der Waals surface area contributed by atoms with Crippen LogP contribution in [-0.2, 0) is 7.05 Å². The molecule has 12 heavy (non-hydrogen) atoms. The van der Waals surface area contributed by atoms with Gasteiger partial charge in [-0.1, -0.05) is 5.57 Å². The van der Waals surface area contributed by atoms with Crippen LogP contribution < -0.4 is 5.73 Å². The number of hydrogen-bond acceptors (Lipinski definition) is 2. The van der Waals surface area contributed by atoms with E-state index in [0.717, 1.165) is 11.4 Å². The minimum Gasteiger partial charge on any atom is -0.335 e. The Hall–Kier alpha value is -1.09. The van der Waals surface area contributed by atoms with Crippen LogP contribution in [0.3, 0.4) is 0 Å². The molecule has 0 saturated heterocycles. The maximum Gasteiger partial charge on any atom is 0.132 e. The molecule has 0 bridgehead atoms. The summed E-state index contributed by atoms with van der Waals surface area (Å²) in [4.78, 5) is 4.17. The molecule has 0 amide bonds. The van der Waals surface area contributed by atoms with Crippen molar-refractivity contribution in [1.29, 1.82) is 0 Å². The molecule has 66 valence electrons. The van der Waals surface area contributed by atoms with Gasteiger partial charge in [-0.3, -0.25) is 0 Å². The van der Waals surface area contributed by atoms with Gasteiger partial charge in [0, 0.05) is 25.5 Å². The van der Waals surface area contributed by atoms with Gasteiger partial charge in [-0.25, -0.2) is 4.98 Å². The maximum absolute atomic E-state index is 5.70. The van der Waals surface area contributed by atoms with E-state index in [-0.39, 0.29) is 6.04 Å². The van der Waals surface area contributed by atoms with Gasteiger partial charge in [0.2, 0.25) is 0 Å². The lowest BCUT2D eigenvalue weighted by molar-refractivity contribution is 0.855. The third kappa shape index (κ3) is 1.95. The Morgan fingerprint density at radius 3 is 2.83 bits per heavy atom. The van der Waals surface area contributed by atoms with Gasteiger partial charge >= 0.3 is 0 Å². The second-order valence-corrected chi connectivity index (χ2v) is 3.07. The Morgan fingerprint density at radius 1 is 1.75 bits per heavy atom. The molecule has 1 atom stereocenters. The quantitative estimate of drug-likeness (QED) is 0.715. The second kappa shape index (κ2) is 3.54. The zero-order valence-electron chi connectivity index (χ0n) is 7.78. The lowest BCUT2D eigenvalue weighted by Crippen LogP contribution is -2.15. The summed E-state index contributed by atoms with van der Waals surface area (Å²) in [5.74, 6) is 0.949. The highest BCUT2D eigenvalue weighted by atomic mass is 15.0. The van der Waals surface area contributed by atoms with Crippen LogP contribution in [0.25, 0.3) is 6.08 Å². The molecule has 0 spiro atoms. The van der Waals surface area contributed by atoms with E-state index in [1.807, 2.05) is 37.7 Å². The molecule has 3 heteroatoms. The fourth-order valence-electron chi connectivity index (χ4n) is 0.851. The molecule has 1 unspecified atom stereocenters. The van der Waals surface area contributed by atoms with E-state index in [9.17, 15) is 0 Å². The fourth-order valence-corrected chi connectivity index (χ4v) is 0.851. The second-order valence-electron chi connectivity index (χ2n) is 3.07. The molecular weight excluding hydrogens is 150 g/mol. The van der Waals surface area contributed by atoms with E-state index in [1.54, 1.807) is 6.20 Å². The van der Waals surface area contributed by atoms with Crippen LogP contribution in [0.5, 0.6) is 0 Å². The summed E-state index contributed by atoms with van der Waals surface area (Å²) < 4.78 is 1.96. The highest BCUT2D eigenvalue weighted by Gasteiger charge is 1.99. The summed E-state index contributed by atoms with van der Waals surface area (Å²) in [6, 6.07) is 0.0988. The Balaban J connectivity index is 2.87. The molecule has 0 aromatic carbocycles. The van der Waals surface area contributed by atoms with Gasteiger partial charge in [-0.05, 0) is 19.9 Å². The van der Waals surface area contributed by atoms with Crippen molar-refractivity contribution >= 4 is 6.08 Å². The average molecular weight is 165 g/mol. The minimum absolute atomic E-state index is 0.0988. The first kappa shape index (κ1) is 9.00.